The number of ether oxygens (including phenoxy) is 1. The van der Waals surface area contributed by atoms with Crippen LogP contribution >= 0.6 is 0 Å². The summed E-state index contributed by atoms with van der Waals surface area (Å²) in [6, 6.07) is 19.6. The van der Waals surface area contributed by atoms with Crippen LogP contribution in [0, 0.1) is 11.8 Å². The Balaban J connectivity index is 1.45. The number of hydrogen-bond donors (Lipinski definition) is 1. The van der Waals surface area contributed by atoms with Crippen LogP contribution in [0.2, 0.25) is 0 Å². The Morgan fingerprint density at radius 1 is 1.03 bits per heavy atom. The molecule has 3 aromatic rings. The van der Waals surface area contributed by atoms with E-state index >= 15 is 0 Å². The Morgan fingerprint density at radius 2 is 1.83 bits per heavy atom. The van der Waals surface area contributed by atoms with Crippen molar-refractivity contribution in [3.8, 4) is 5.75 Å². The first-order valence-corrected chi connectivity index (χ1v) is 12.6. The van der Waals surface area contributed by atoms with Gasteiger partial charge >= 0.3 is 6.18 Å². The Bertz CT molecular complexity index is 1160. The maximum absolute atomic E-state index is 13.1. The van der Waals surface area contributed by atoms with Crippen LogP contribution in [0.1, 0.15) is 37.3 Å². The van der Waals surface area contributed by atoms with E-state index in [0.717, 1.165) is 25.0 Å². The number of halogens is 3. The van der Waals surface area contributed by atoms with Gasteiger partial charge in [-0.15, -0.1) is 0 Å². The molecule has 192 valence electrons. The first-order chi connectivity index (χ1) is 17.3. The van der Waals surface area contributed by atoms with E-state index in [1.807, 2.05) is 12.1 Å². The molecule has 1 fully saturated rings. The summed E-state index contributed by atoms with van der Waals surface area (Å²) in [5, 5.41) is 5.40. The standard InChI is InChI=1S/C29H33F3N2O2/c1-2-3-13-33-28(35)25-15-22(20-36-27-10-6-9-26(16-27)29(30,31)32)18-34(19-25)17-21-11-12-23-7-4-5-8-24(23)14-21/h4-12,14,16,22,25H,2-3,13,15,17-20H2,1H3,(H,33,35)/t22-,25+/m0/s1. The molecule has 36 heavy (non-hydrogen) atoms. The van der Waals surface area contributed by atoms with Crippen LogP contribution in [0.3, 0.4) is 0 Å². The number of piperidine rings is 1. The number of nitrogens with one attached hydrogen (secondary N) is 1. The third kappa shape index (κ3) is 7.00. The van der Waals surface area contributed by atoms with Crippen molar-refractivity contribution in [1.82, 2.24) is 10.2 Å². The molecule has 0 radical (unpaired) electrons. The third-order valence-electron chi connectivity index (χ3n) is 6.68. The van der Waals surface area contributed by atoms with E-state index in [2.05, 4.69) is 47.5 Å². The first-order valence-electron chi connectivity index (χ1n) is 12.6. The molecular weight excluding hydrogens is 465 g/mol. The second-order valence-corrected chi connectivity index (χ2v) is 9.66. The van der Waals surface area contributed by atoms with Crippen molar-refractivity contribution in [2.45, 2.75) is 38.9 Å². The van der Waals surface area contributed by atoms with E-state index in [0.29, 0.717) is 32.6 Å². The van der Waals surface area contributed by atoms with Gasteiger partial charge in [-0.1, -0.05) is 55.8 Å². The van der Waals surface area contributed by atoms with Gasteiger partial charge in [-0.3, -0.25) is 9.69 Å². The molecule has 0 unspecified atom stereocenters. The molecule has 2 atom stereocenters. The molecule has 0 spiro atoms. The fourth-order valence-electron chi connectivity index (χ4n) is 4.85. The quantitative estimate of drug-likeness (QED) is 0.353. The lowest BCUT2D eigenvalue weighted by molar-refractivity contribution is -0.137. The normalized spacial score (nSPS) is 18.8. The van der Waals surface area contributed by atoms with Crippen molar-refractivity contribution in [2.75, 3.05) is 26.2 Å². The van der Waals surface area contributed by atoms with Crippen LogP contribution in [0.5, 0.6) is 5.75 Å². The maximum Gasteiger partial charge on any atom is 0.416 e. The minimum atomic E-state index is -4.41. The number of alkyl halides is 3. The molecule has 0 bridgehead atoms. The number of likely N-dealkylation sites (tertiary alicyclic amines) is 1. The molecule has 0 aliphatic carbocycles. The van der Waals surface area contributed by atoms with Gasteiger partial charge in [0.15, 0.2) is 0 Å². The number of amides is 1. The summed E-state index contributed by atoms with van der Waals surface area (Å²) in [7, 11) is 0. The van der Waals surface area contributed by atoms with Crippen LogP contribution in [-0.4, -0.2) is 37.0 Å². The zero-order valence-electron chi connectivity index (χ0n) is 20.6. The van der Waals surface area contributed by atoms with Crippen LogP contribution in [-0.2, 0) is 17.5 Å². The molecule has 4 nitrogen and oxygen atoms in total. The Hall–Kier alpha value is -3.06. The number of benzene rings is 3. The maximum atomic E-state index is 13.1. The molecule has 1 heterocycles. The zero-order valence-corrected chi connectivity index (χ0v) is 20.6. The molecule has 1 aliphatic heterocycles. The van der Waals surface area contributed by atoms with Gasteiger partial charge in [-0.25, -0.2) is 0 Å². The number of nitrogens with zero attached hydrogens (tertiary/aromatic N) is 1. The van der Waals surface area contributed by atoms with E-state index in [1.54, 1.807) is 6.07 Å². The van der Waals surface area contributed by atoms with E-state index in [1.165, 1.54) is 22.4 Å². The van der Waals surface area contributed by atoms with Crippen molar-refractivity contribution < 1.29 is 22.7 Å². The molecule has 0 aromatic heterocycles. The molecule has 7 heteroatoms. The molecular formula is C29H33F3N2O2. The molecule has 4 rings (SSSR count). The fourth-order valence-corrected chi connectivity index (χ4v) is 4.85. The van der Waals surface area contributed by atoms with Crippen LogP contribution in [0.25, 0.3) is 10.8 Å². The zero-order chi connectivity index (χ0) is 25.5. The minimum Gasteiger partial charge on any atom is -0.493 e. The van der Waals surface area contributed by atoms with Gasteiger partial charge in [0.25, 0.3) is 0 Å². The monoisotopic (exact) mass is 498 g/mol. The summed E-state index contributed by atoms with van der Waals surface area (Å²) < 4.78 is 45.0. The predicted molar refractivity (Wildman–Crippen MR) is 136 cm³/mol. The van der Waals surface area contributed by atoms with Crippen LogP contribution in [0.4, 0.5) is 13.2 Å². The minimum absolute atomic E-state index is 0.0238. The molecule has 1 saturated heterocycles. The van der Waals surface area contributed by atoms with Crippen LogP contribution < -0.4 is 10.1 Å². The van der Waals surface area contributed by atoms with Crippen molar-refractivity contribution in [3.63, 3.8) is 0 Å². The summed E-state index contributed by atoms with van der Waals surface area (Å²) in [6.45, 7) is 5.05. The number of carbonyl (C=O) groups is 1. The highest BCUT2D eigenvalue weighted by Gasteiger charge is 2.33. The number of hydrogen-bond acceptors (Lipinski definition) is 3. The highest BCUT2D eigenvalue weighted by atomic mass is 19.4. The fraction of sp³-hybridized carbons (Fsp3) is 0.414. The predicted octanol–water partition coefficient (Wildman–Crippen LogP) is 6.29. The van der Waals surface area contributed by atoms with Gasteiger partial charge in [-0.2, -0.15) is 13.2 Å². The van der Waals surface area contributed by atoms with E-state index < -0.39 is 11.7 Å². The van der Waals surface area contributed by atoms with E-state index in [-0.39, 0.29) is 30.1 Å². The SMILES string of the molecule is CCCCNC(=O)[C@@H]1C[C@H](COc2cccc(C(F)(F)F)c2)CN(Cc2ccc3ccccc3c2)C1. The molecule has 1 amide bonds. The Kier molecular flexibility index (Phi) is 8.52. The van der Waals surface area contributed by atoms with Crippen molar-refractivity contribution in [3.05, 3.63) is 77.9 Å². The van der Waals surface area contributed by atoms with Gasteiger partial charge in [0.1, 0.15) is 5.75 Å². The Morgan fingerprint density at radius 3 is 2.61 bits per heavy atom. The average molecular weight is 499 g/mol. The number of fused-ring (bicyclic) bond motifs is 1. The van der Waals surface area contributed by atoms with Gasteiger partial charge < -0.3 is 10.1 Å². The number of carbonyl (C=O) groups excluding carboxylic acids is 1. The van der Waals surface area contributed by atoms with Crippen molar-refractivity contribution in [1.29, 1.82) is 0 Å². The van der Waals surface area contributed by atoms with Gasteiger partial charge in [0.05, 0.1) is 18.1 Å². The van der Waals surface area contributed by atoms with E-state index in [4.69, 9.17) is 4.74 Å². The van der Waals surface area contributed by atoms with Gasteiger partial charge in [0, 0.05) is 32.1 Å². The largest absolute Gasteiger partial charge is 0.493 e. The molecule has 0 saturated carbocycles. The highest BCUT2D eigenvalue weighted by molar-refractivity contribution is 5.83. The summed E-state index contributed by atoms with van der Waals surface area (Å²) in [4.78, 5) is 15.2. The first kappa shape index (κ1) is 26.0. The van der Waals surface area contributed by atoms with Crippen molar-refractivity contribution >= 4 is 16.7 Å². The third-order valence-corrected chi connectivity index (χ3v) is 6.68. The molecule has 1 N–H and O–H groups in total. The molecule has 3 aromatic carbocycles. The summed E-state index contributed by atoms with van der Waals surface area (Å²) >= 11 is 0. The second-order valence-electron chi connectivity index (χ2n) is 9.66. The average Bonchev–Trinajstić information content (AvgIpc) is 2.87. The van der Waals surface area contributed by atoms with Gasteiger partial charge in [0.2, 0.25) is 5.91 Å². The lowest BCUT2D eigenvalue weighted by Gasteiger charge is -2.37. The number of unbranched alkanes of at least 4 members (excludes halogenated alkanes) is 1. The van der Waals surface area contributed by atoms with Gasteiger partial charge in [-0.05, 0) is 53.4 Å². The second kappa shape index (κ2) is 11.8. The van der Waals surface area contributed by atoms with E-state index in [9.17, 15) is 18.0 Å². The molecule has 1 aliphatic rings. The highest BCUT2D eigenvalue weighted by Crippen LogP contribution is 2.32. The summed E-state index contributed by atoms with van der Waals surface area (Å²) in [6.07, 6.45) is -1.83. The van der Waals surface area contributed by atoms with Crippen LogP contribution in [0.15, 0.2) is 66.7 Å². The lowest BCUT2D eigenvalue weighted by Crippen LogP contribution is -2.47. The summed E-state index contributed by atoms with van der Waals surface area (Å²) in [5.74, 6) is 0.0676. The summed E-state index contributed by atoms with van der Waals surface area (Å²) in [5.41, 5.74) is 0.438. The lowest BCUT2D eigenvalue weighted by atomic mass is 9.88. The smallest absolute Gasteiger partial charge is 0.416 e. The number of rotatable bonds is 9. The van der Waals surface area contributed by atoms with Crippen molar-refractivity contribution in [2.24, 2.45) is 11.8 Å². The Labute approximate surface area is 210 Å². The topological polar surface area (TPSA) is 41.6 Å².